The molecule has 2 atom stereocenters. The minimum Gasteiger partial charge on any atom is -0.311 e. The van der Waals surface area contributed by atoms with Gasteiger partial charge in [0.15, 0.2) is 0 Å². The lowest BCUT2D eigenvalue weighted by molar-refractivity contribution is 0.344. The van der Waals surface area contributed by atoms with E-state index in [-0.39, 0.29) is 6.04 Å². The van der Waals surface area contributed by atoms with Crippen LogP contribution in [0.5, 0.6) is 0 Å². The van der Waals surface area contributed by atoms with Crippen molar-refractivity contribution in [3.05, 3.63) is 0 Å². The maximum absolute atomic E-state index is 12.2. The lowest BCUT2D eigenvalue weighted by Gasteiger charge is -2.29. The zero-order valence-corrected chi connectivity index (χ0v) is 11.7. The Balaban J connectivity index is 1.54. The van der Waals surface area contributed by atoms with E-state index in [1.807, 2.05) is 0 Å². The van der Waals surface area contributed by atoms with E-state index in [1.54, 1.807) is 0 Å². The number of rotatable bonds is 4. The Labute approximate surface area is 110 Å². The van der Waals surface area contributed by atoms with Crippen molar-refractivity contribution in [2.24, 2.45) is 5.92 Å². The van der Waals surface area contributed by atoms with Crippen LogP contribution < -0.4 is 10.0 Å². The number of hydrogen-bond acceptors (Lipinski definition) is 3. The normalized spacial score (nSPS) is 37.2. The summed E-state index contributed by atoms with van der Waals surface area (Å²) in [6.07, 6.45) is 8.98. The zero-order valence-electron chi connectivity index (χ0n) is 10.9. The molecule has 0 aromatic carbocycles. The van der Waals surface area contributed by atoms with Gasteiger partial charge in [-0.05, 0) is 44.4 Å². The van der Waals surface area contributed by atoms with E-state index >= 15 is 0 Å². The van der Waals surface area contributed by atoms with Crippen molar-refractivity contribution >= 4 is 10.0 Å². The van der Waals surface area contributed by atoms with Crippen molar-refractivity contribution in [2.75, 3.05) is 5.75 Å². The lowest BCUT2D eigenvalue weighted by Crippen LogP contribution is -2.48. The predicted octanol–water partition coefficient (Wildman–Crippen LogP) is 1.38. The molecule has 2 heterocycles. The molecule has 5 heteroatoms. The summed E-state index contributed by atoms with van der Waals surface area (Å²) in [5, 5.41) is 3.54. The van der Waals surface area contributed by atoms with E-state index in [0.717, 1.165) is 25.7 Å². The third-order valence-corrected chi connectivity index (χ3v) is 6.35. The molecule has 0 spiro atoms. The Morgan fingerprint density at radius 2 is 1.61 bits per heavy atom. The van der Waals surface area contributed by atoms with Crippen LogP contribution in [0, 0.1) is 5.92 Å². The Kier molecular flexibility index (Phi) is 3.65. The van der Waals surface area contributed by atoms with E-state index in [2.05, 4.69) is 10.0 Å². The van der Waals surface area contributed by atoms with Gasteiger partial charge in [-0.2, -0.15) is 0 Å². The quantitative estimate of drug-likeness (QED) is 0.813. The van der Waals surface area contributed by atoms with E-state index in [4.69, 9.17) is 0 Å². The molecule has 0 radical (unpaired) electrons. The van der Waals surface area contributed by atoms with Gasteiger partial charge in [0, 0.05) is 18.1 Å². The van der Waals surface area contributed by atoms with Crippen molar-refractivity contribution in [1.82, 2.24) is 10.0 Å². The summed E-state index contributed by atoms with van der Waals surface area (Å²) >= 11 is 0. The number of fused-ring (bicyclic) bond motifs is 2. The molecule has 4 nitrogen and oxygen atoms in total. The van der Waals surface area contributed by atoms with E-state index < -0.39 is 10.0 Å². The van der Waals surface area contributed by atoms with Crippen LogP contribution in [0.4, 0.5) is 0 Å². The molecular formula is C13H24N2O2S. The van der Waals surface area contributed by atoms with Gasteiger partial charge in [0.2, 0.25) is 10.0 Å². The summed E-state index contributed by atoms with van der Waals surface area (Å²) in [4.78, 5) is 0. The SMILES string of the molecule is O=S(=O)(CC1CCCC1)NC1CC2CCC(C1)N2. The standard InChI is InChI=1S/C13H24N2O2S/c16-18(17,9-10-3-1-2-4-10)15-13-7-11-5-6-12(8-13)14-11/h10-15H,1-9H2. The zero-order chi connectivity index (χ0) is 12.6. The van der Waals surface area contributed by atoms with Crippen molar-refractivity contribution in [1.29, 1.82) is 0 Å². The Morgan fingerprint density at radius 1 is 1.00 bits per heavy atom. The van der Waals surface area contributed by atoms with Crippen molar-refractivity contribution in [2.45, 2.75) is 69.5 Å². The van der Waals surface area contributed by atoms with Gasteiger partial charge in [-0.1, -0.05) is 12.8 Å². The Morgan fingerprint density at radius 3 is 2.22 bits per heavy atom. The maximum Gasteiger partial charge on any atom is 0.212 e. The topological polar surface area (TPSA) is 58.2 Å². The molecule has 0 aromatic heterocycles. The summed E-state index contributed by atoms with van der Waals surface area (Å²) in [6.45, 7) is 0. The van der Waals surface area contributed by atoms with Crippen LogP contribution in [0.15, 0.2) is 0 Å². The van der Waals surface area contributed by atoms with Crippen LogP contribution in [0.3, 0.4) is 0 Å². The summed E-state index contributed by atoms with van der Waals surface area (Å²) < 4.78 is 27.3. The van der Waals surface area contributed by atoms with Crippen molar-refractivity contribution in [3.63, 3.8) is 0 Å². The predicted molar refractivity (Wildman–Crippen MR) is 71.8 cm³/mol. The molecule has 0 aromatic rings. The highest BCUT2D eigenvalue weighted by Gasteiger charge is 2.35. The van der Waals surface area contributed by atoms with Crippen LogP contribution in [0.2, 0.25) is 0 Å². The summed E-state index contributed by atoms with van der Waals surface area (Å²) in [5.41, 5.74) is 0. The Hall–Kier alpha value is -0.130. The first-order valence-corrected chi connectivity index (χ1v) is 9.02. The largest absolute Gasteiger partial charge is 0.311 e. The highest BCUT2D eigenvalue weighted by Crippen LogP contribution is 2.28. The number of piperidine rings is 1. The van der Waals surface area contributed by atoms with Gasteiger partial charge in [0.1, 0.15) is 0 Å². The minimum absolute atomic E-state index is 0.176. The minimum atomic E-state index is -3.06. The molecular weight excluding hydrogens is 248 g/mol. The molecule has 18 heavy (non-hydrogen) atoms. The molecule has 2 saturated heterocycles. The molecule has 1 saturated carbocycles. The first-order chi connectivity index (χ1) is 8.61. The fourth-order valence-electron chi connectivity index (χ4n) is 3.94. The van der Waals surface area contributed by atoms with Crippen LogP contribution >= 0.6 is 0 Å². The van der Waals surface area contributed by atoms with Gasteiger partial charge in [0.05, 0.1) is 5.75 Å². The number of sulfonamides is 1. The first-order valence-electron chi connectivity index (χ1n) is 7.37. The highest BCUT2D eigenvalue weighted by molar-refractivity contribution is 7.89. The second-order valence-electron chi connectivity index (χ2n) is 6.36. The summed E-state index contributed by atoms with van der Waals surface area (Å²) in [6, 6.07) is 1.26. The molecule has 104 valence electrons. The van der Waals surface area contributed by atoms with E-state index in [1.165, 1.54) is 25.7 Å². The monoisotopic (exact) mass is 272 g/mol. The van der Waals surface area contributed by atoms with Gasteiger partial charge in [-0.25, -0.2) is 13.1 Å². The summed E-state index contributed by atoms with van der Waals surface area (Å²) in [7, 11) is -3.06. The van der Waals surface area contributed by atoms with Crippen LogP contribution in [-0.4, -0.2) is 32.3 Å². The van der Waals surface area contributed by atoms with E-state index in [9.17, 15) is 8.42 Å². The van der Waals surface area contributed by atoms with Gasteiger partial charge >= 0.3 is 0 Å². The maximum atomic E-state index is 12.2. The summed E-state index contributed by atoms with van der Waals surface area (Å²) in [5.74, 6) is 0.757. The fraction of sp³-hybridized carbons (Fsp3) is 1.00. The van der Waals surface area contributed by atoms with Crippen LogP contribution in [0.25, 0.3) is 0 Å². The Bertz CT molecular complexity index is 378. The van der Waals surface area contributed by atoms with Gasteiger partial charge < -0.3 is 5.32 Å². The molecule has 3 fully saturated rings. The first kappa shape index (κ1) is 12.9. The number of hydrogen-bond donors (Lipinski definition) is 2. The molecule has 2 bridgehead atoms. The van der Waals surface area contributed by atoms with E-state index in [0.29, 0.717) is 23.8 Å². The third-order valence-electron chi connectivity index (χ3n) is 4.75. The van der Waals surface area contributed by atoms with Gasteiger partial charge in [-0.3, -0.25) is 0 Å². The van der Waals surface area contributed by atoms with Crippen molar-refractivity contribution in [3.8, 4) is 0 Å². The second-order valence-corrected chi connectivity index (χ2v) is 8.15. The molecule has 1 aliphatic carbocycles. The van der Waals surface area contributed by atoms with Gasteiger partial charge in [0.25, 0.3) is 0 Å². The number of nitrogens with one attached hydrogen (secondary N) is 2. The highest BCUT2D eigenvalue weighted by atomic mass is 32.2. The average molecular weight is 272 g/mol. The fourth-order valence-corrected chi connectivity index (χ4v) is 5.69. The van der Waals surface area contributed by atoms with Gasteiger partial charge in [-0.15, -0.1) is 0 Å². The molecule has 3 aliphatic rings. The average Bonchev–Trinajstić information content (AvgIpc) is 2.87. The molecule has 2 N–H and O–H groups in total. The van der Waals surface area contributed by atoms with Crippen molar-refractivity contribution < 1.29 is 8.42 Å². The second kappa shape index (κ2) is 5.10. The molecule has 0 amide bonds. The third kappa shape index (κ3) is 3.06. The molecule has 2 unspecified atom stereocenters. The van der Waals surface area contributed by atoms with Crippen LogP contribution in [0.1, 0.15) is 51.4 Å². The molecule has 2 aliphatic heterocycles. The lowest BCUT2D eigenvalue weighted by atomic mass is 10.0. The van der Waals surface area contributed by atoms with Crippen LogP contribution in [-0.2, 0) is 10.0 Å². The smallest absolute Gasteiger partial charge is 0.212 e. The molecule has 3 rings (SSSR count).